The van der Waals surface area contributed by atoms with Gasteiger partial charge < -0.3 is 14.8 Å². The maximum absolute atomic E-state index is 13.2. The first-order valence-corrected chi connectivity index (χ1v) is 11.0. The lowest BCUT2D eigenvalue weighted by molar-refractivity contribution is -0.158. The summed E-state index contributed by atoms with van der Waals surface area (Å²) in [7, 11) is 0. The van der Waals surface area contributed by atoms with E-state index < -0.39 is 11.6 Å². The van der Waals surface area contributed by atoms with Crippen LogP contribution in [-0.2, 0) is 16.1 Å². The monoisotopic (exact) mass is 456 g/mol. The van der Waals surface area contributed by atoms with Crippen molar-refractivity contribution < 1.29 is 23.5 Å². The maximum atomic E-state index is 13.2. The standard InChI is InChI=1S/C24H25FN2O4S/c1-5-30-23(29)24(3,4)31-19-12-6-16(7-13-19)14-26-21(28)22-27-15(2)20(32-22)17-8-10-18(25)11-9-17/h6-13H,5,14H2,1-4H3,(H,26,28). The molecular weight excluding hydrogens is 431 g/mol. The van der Waals surface area contributed by atoms with Gasteiger partial charge in [0, 0.05) is 6.54 Å². The molecule has 0 saturated heterocycles. The molecule has 0 saturated carbocycles. The Hall–Kier alpha value is -3.26. The average molecular weight is 457 g/mol. The topological polar surface area (TPSA) is 77.5 Å². The van der Waals surface area contributed by atoms with E-state index in [1.54, 1.807) is 45.0 Å². The maximum Gasteiger partial charge on any atom is 0.349 e. The van der Waals surface area contributed by atoms with Gasteiger partial charge in [0.15, 0.2) is 10.6 Å². The number of hydrogen-bond donors (Lipinski definition) is 1. The lowest BCUT2D eigenvalue weighted by Crippen LogP contribution is -2.39. The third kappa shape index (κ3) is 5.70. The molecule has 0 radical (unpaired) electrons. The molecule has 0 fully saturated rings. The molecule has 3 rings (SSSR count). The molecule has 0 spiro atoms. The van der Waals surface area contributed by atoms with Crippen LogP contribution in [0.2, 0.25) is 0 Å². The molecule has 1 amide bonds. The number of esters is 1. The second kappa shape index (κ2) is 9.91. The summed E-state index contributed by atoms with van der Waals surface area (Å²) in [5, 5.41) is 3.20. The van der Waals surface area contributed by atoms with Crippen molar-refractivity contribution in [2.45, 2.75) is 39.8 Å². The number of carbonyl (C=O) groups is 2. The van der Waals surface area contributed by atoms with Crippen molar-refractivity contribution in [1.29, 1.82) is 0 Å². The fourth-order valence-electron chi connectivity index (χ4n) is 2.94. The molecule has 1 aromatic heterocycles. The SMILES string of the molecule is CCOC(=O)C(C)(C)Oc1ccc(CNC(=O)c2nc(C)c(-c3ccc(F)cc3)s2)cc1. The molecule has 1 N–H and O–H groups in total. The Morgan fingerprint density at radius 3 is 2.38 bits per heavy atom. The van der Waals surface area contributed by atoms with Gasteiger partial charge in [-0.1, -0.05) is 24.3 Å². The van der Waals surface area contributed by atoms with E-state index in [1.165, 1.54) is 23.5 Å². The molecule has 0 bridgehead atoms. The Morgan fingerprint density at radius 2 is 1.75 bits per heavy atom. The number of aryl methyl sites for hydroxylation is 1. The van der Waals surface area contributed by atoms with Crippen molar-refractivity contribution in [3.63, 3.8) is 0 Å². The van der Waals surface area contributed by atoms with Crippen LogP contribution in [0.15, 0.2) is 48.5 Å². The van der Waals surface area contributed by atoms with Gasteiger partial charge in [-0.25, -0.2) is 14.2 Å². The van der Waals surface area contributed by atoms with Gasteiger partial charge in [-0.2, -0.15) is 0 Å². The first-order chi connectivity index (χ1) is 15.2. The van der Waals surface area contributed by atoms with Crippen LogP contribution in [0.3, 0.4) is 0 Å². The van der Waals surface area contributed by atoms with Crippen molar-refractivity contribution in [2.24, 2.45) is 0 Å². The second-order valence-electron chi connectivity index (χ2n) is 7.60. The van der Waals surface area contributed by atoms with E-state index in [0.717, 1.165) is 21.7 Å². The van der Waals surface area contributed by atoms with Crippen molar-refractivity contribution >= 4 is 23.2 Å². The van der Waals surface area contributed by atoms with Gasteiger partial charge in [-0.15, -0.1) is 11.3 Å². The number of amides is 1. The average Bonchev–Trinajstić information content (AvgIpc) is 3.15. The molecule has 0 aliphatic carbocycles. The van der Waals surface area contributed by atoms with E-state index in [-0.39, 0.29) is 18.3 Å². The number of hydrogen-bond acceptors (Lipinski definition) is 6. The van der Waals surface area contributed by atoms with E-state index in [0.29, 0.717) is 17.3 Å². The summed E-state index contributed by atoms with van der Waals surface area (Å²) in [5.41, 5.74) is 1.31. The van der Waals surface area contributed by atoms with E-state index >= 15 is 0 Å². The molecule has 0 unspecified atom stereocenters. The molecule has 0 atom stereocenters. The van der Waals surface area contributed by atoms with Gasteiger partial charge >= 0.3 is 5.97 Å². The highest BCUT2D eigenvalue weighted by Crippen LogP contribution is 2.30. The Balaban J connectivity index is 1.60. The summed E-state index contributed by atoms with van der Waals surface area (Å²) in [6, 6.07) is 13.2. The van der Waals surface area contributed by atoms with Crippen LogP contribution in [0, 0.1) is 12.7 Å². The Kier molecular flexibility index (Phi) is 7.25. The lowest BCUT2D eigenvalue weighted by atomic mass is 10.1. The zero-order chi connectivity index (χ0) is 23.3. The van der Waals surface area contributed by atoms with Crippen molar-refractivity contribution in [3.05, 3.63) is 70.6 Å². The summed E-state index contributed by atoms with van der Waals surface area (Å²) in [6.07, 6.45) is 0. The number of nitrogens with one attached hydrogen (secondary N) is 1. The minimum absolute atomic E-state index is 0.282. The first kappa shape index (κ1) is 23.4. The highest BCUT2D eigenvalue weighted by atomic mass is 32.1. The van der Waals surface area contributed by atoms with Crippen LogP contribution < -0.4 is 10.1 Å². The van der Waals surface area contributed by atoms with E-state index in [2.05, 4.69) is 10.3 Å². The van der Waals surface area contributed by atoms with Crippen LogP contribution in [-0.4, -0.2) is 29.1 Å². The minimum Gasteiger partial charge on any atom is -0.476 e. The number of rotatable bonds is 8. The molecule has 2 aromatic carbocycles. The molecule has 0 aliphatic rings. The predicted molar refractivity (Wildman–Crippen MR) is 121 cm³/mol. The molecular formula is C24H25FN2O4S. The van der Waals surface area contributed by atoms with Crippen molar-refractivity contribution in [1.82, 2.24) is 10.3 Å². The van der Waals surface area contributed by atoms with Gasteiger partial charge in [0.1, 0.15) is 11.6 Å². The predicted octanol–water partition coefficient (Wildman–Crippen LogP) is 4.91. The number of ether oxygens (including phenoxy) is 2. The highest BCUT2D eigenvalue weighted by Gasteiger charge is 2.31. The Bertz CT molecular complexity index is 1090. The Morgan fingerprint density at radius 1 is 1.09 bits per heavy atom. The van der Waals surface area contributed by atoms with E-state index in [4.69, 9.17) is 9.47 Å². The third-order valence-corrected chi connectivity index (χ3v) is 5.82. The summed E-state index contributed by atoms with van der Waals surface area (Å²) in [5.74, 6) is -0.502. The zero-order valence-corrected chi connectivity index (χ0v) is 19.2. The molecule has 32 heavy (non-hydrogen) atoms. The third-order valence-electron chi connectivity index (χ3n) is 4.61. The molecule has 8 heteroatoms. The van der Waals surface area contributed by atoms with Crippen molar-refractivity contribution in [3.8, 4) is 16.2 Å². The number of aromatic nitrogens is 1. The number of benzene rings is 2. The van der Waals surface area contributed by atoms with Crippen LogP contribution >= 0.6 is 11.3 Å². The van der Waals surface area contributed by atoms with Crippen LogP contribution in [0.1, 0.15) is 41.8 Å². The summed E-state index contributed by atoms with van der Waals surface area (Å²) >= 11 is 1.27. The fourth-order valence-corrected chi connectivity index (χ4v) is 3.93. The van der Waals surface area contributed by atoms with Crippen LogP contribution in [0.4, 0.5) is 4.39 Å². The summed E-state index contributed by atoms with van der Waals surface area (Å²) in [6.45, 7) is 7.46. The van der Waals surface area contributed by atoms with Gasteiger partial charge in [0.2, 0.25) is 0 Å². The normalized spacial score (nSPS) is 11.2. The smallest absolute Gasteiger partial charge is 0.349 e. The van der Waals surface area contributed by atoms with Gasteiger partial charge in [-0.05, 0) is 63.1 Å². The Labute approximate surface area is 190 Å². The minimum atomic E-state index is -1.10. The molecule has 0 aliphatic heterocycles. The van der Waals surface area contributed by atoms with Gasteiger partial charge in [0.25, 0.3) is 5.91 Å². The van der Waals surface area contributed by atoms with Gasteiger partial charge in [-0.3, -0.25) is 4.79 Å². The van der Waals surface area contributed by atoms with E-state index in [1.807, 2.05) is 19.1 Å². The summed E-state index contributed by atoms with van der Waals surface area (Å²) in [4.78, 5) is 29.7. The fraction of sp³-hybridized carbons (Fsp3) is 0.292. The number of thiazole rings is 1. The molecule has 1 heterocycles. The largest absolute Gasteiger partial charge is 0.476 e. The zero-order valence-electron chi connectivity index (χ0n) is 18.4. The highest BCUT2D eigenvalue weighted by molar-refractivity contribution is 7.17. The quantitative estimate of drug-likeness (QED) is 0.488. The molecule has 168 valence electrons. The lowest BCUT2D eigenvalue weighted by Gasteiger charge is -2.24. The molecule has 3 aromatic rings. The van der Waals surface area contributed by atoms with Crippen molar-refractivity contribution in [2.75, 3.05) is 6.61 Å². The van der Waals surface area contributed by atoms with Gasteiger partial charge in [0.05, 0.1) is 17.2 Å². The molecule has 6 nitrogen and oxygen atoms in total. The number of halogens is 1. The van der Waals surface area contributed by atoms with Crippen LogP contribution in [0.5, 0.6) is 5.75 Å². The number of carbonyl (C=O) groups excluding carboxylic acids is 2. The summed E-state index contributed by atoms with van der Waals surface area (Å²) < 4.78 is 23.9. The number of nitrogens with zero attached hydrogens (tertiary/aromatic N) is 1. The second-order valence-corrected chi connectivity index (χ2v) is 8.60. The van der Waals surface area contributed by atoms with Crippen LogP contribution in [0.25, 0.3) is 10.4 Å². The van der Waals surface area contributed by atoms with E-state index in [9.17, 15) is 14.0 Å². The first-order valence-electron chi connectivity index (χ1n) is 10.2.